The molecule has 1 aliphatic rings. The van der Waals surface area contributed by atoms with Crippen LogP contribution in [0.4, 0.5) is 0 Å². The first kappa shape index (κ1) is 28.6. The maximum absolute atomic E-state index is 9.45. The maximum atomic E-state index is 9.45. The van der Waals surface area contributed by atoms with Gasteiger partial charge in [-0.05, 0) is 59.7 Å². The SMILES string of the molecule is C[C@H](CO)NCc1cc(Cl)c(O[C@H]2CCc3c(-c4ccc(CO)cc4)cccc32)cc1OCc1cncc(C#N)c1. The van der Waals surface area contributed by atoms with Gasteiger partial charge in [0.2, 0.25) is 0 Å². The maximum Gasteiger partial charge on any atom is 0.142 e. The first-order valence-electron chi connectivity index (χ1n) is 13.6. The molecule has 1 heterocycles. The minimum absolute atomic E-state index is 0.00634. The molecule has 5 rings (SSSR count). The summed E-state index contributed by atoms with van der Waals surface area (Å²) < 4.78 is 12.7. The van der Waals surface area contributed by atoms with Crippen LogP contribution in [0.1, 0.15) is 52.8 Å². The average Bonchev–Trinajstić information content (AvgIpc) is 3.43. The van der Waals surface area contributed by atoms with E-state index in [1.54, 1.807) is 12.3 Å². The van der Waals surface area contributed by atoms with Crippen LogP contribution in [0.15, 0.2) is 73.1 Å². The zero-order valence-electron chi connectivity index (χ0n) is 22.8. The van der Waals surface area contributed by atoms with E-state index in [0.29, 0.717) is 28.6 Å². The van der Waals surface area contributed by atoms with E-state index >= 15 is 0 Å². The van der Waals surface area contributed by atoms with Crippen LogP contribution in [0.2, 0.25) is 5.02 Å². The molecule has 0 unspecified atom stereocenters. The number of ether oxygens (including phenoxy) is 2. The lowest BCUT2D eigenvalue weighted by atomic mass is 9.96. The third-order valence-corrected chi connectivity index (χ3v) is 7.58. The molecule has 0 spiro atoms. The molecule has 0 radical (unpaired) electrons. The second kappa shape index (κ2) is 13.2. The van der Waals surface area contributed by atoms with Gasteiger partial charge >= 0.3 is 0 Å². The lowest BCUT2D eigenvalue weighted by Crippen LogP contribution is -2.28. The number of pyridine rings is 1. The van der Waals surface area contributed by atoms with Crippen molar-refractivity contribution in [2.45, 2.75) is 51.7 Å². The Morgan fingerprint density at radius 2 is 1.90 bits per heavy atom. The van der Waals surface area contributed by atoms with Crippen LogP contribution in [0.25, 0.3) is 11.1 Å². The van der Waals surface area contributed by atoms with Gasteiger partial charge in [0.1, 0.15) is 30.3 Å². The Balaban J connectivity index is 1.40. The van der Waals surface area contributed by atoms with Crippen LogP contribution in [0.3, 0.4) is 0 Å². The molecule has 4 aromatic rings. The minimum atomic E-state index is -0.165. The number of fused-ring (bicyclic) bond motifs is 1. The summed E-state index contributed by atoms with van der Waals surface area (Å²) in [6.45, 7) is 2.58. The number of benzene rings is 3. The highest BCUT2D eigenvalue weighted by Crippen LogP contribution is 2.43. The summed E-state index contributed by atoms with van der Waals surface area (Å²) in [7, 11) is 0. The molecule has 3 aromatic carbocycles. The Morgan fingerprint density at radius 3 is 2.66 bits per heavy atom. The molecular weight excluding hydrogens is 538 g/mol. The summed E-state index contributed by atoms with van der Waals surface area (Å²) in [5.41, 5.74) is 7.61. The Hall–Kier alpha value is -3.93. The second-order valence-electron chi connectivity index (χ2n) is 10.2. The Labute approximate surface area is 245 Å². The summed E-state index contributed by atoms with van der Waals surface area (Å²) >= 11 is 6.74. The molecule has 7 nitrogen and oxygen atoms in total. The molecule has 3 N–H and O–H groups in total. The van der Waals surface area contributed by atoms with Crippen LogP contribution in [0, 0.1) is 11.3 Å². The number of nitrogens with one attached hydrogen (secondary N) is 1. The molecule has 0 bridgehead atoms. The highest BCUT2D eigenvalue weighted by Gasteiger charge is 2.27. The molecule has 0 saturated carbocycles. The van der Waals surface area contributed by atoms with Gasteiger partial charge in [0.25, 0.3) is 0 Å². The summed E-state index contributed by atoms with van der Waals surface area (Å²) in [6.07, 6.45) is 4.71. The van der Waals surface area contributed by atoms with Crippen molar-refractivity contribution < 1.29 is 19.7 Å². The van der Waals surface area contributed by atoms with Crippen LogP contribution in [0.5, 0.6) is 11.5 Å². The summed E-state index contributed by atoms with van der Waals surface area (Å²) in [6, 6.07) is 21.7. The van der Waals surface area contributed by atoms with Gasteiger partial charge in [-0.1, -0.05) is 54.1 Å². The first-order chi connectivity index (χ1) is 20.0. The topological polar surface area (TPSA) is 108 Å². The number of hydrogen-bond acceptors (Lipinski definition) is 7. The summed E-state index contributed by atoms with van der Waals surface area (Å²) in [5, 5.41) is 31.8. The molecule has 1 aliphatic carbocycles. The van der Waals surface area contributed by atoms with E-state index < -0.39 is 0 Å². The third kappa shape index (κ3) is 6.70. The average molecular weight is 570 g/mol. The number of aliphatic hydroxyl groups excluding tert-OH is 2. The van der Waals surface area contributed by atoms with Gasteiger partial charge in [0.15, 0.2) is 0 Å². The third-order valence-electron chi connectivity index (χ3n) is 7.28. The Kier molecular flexibility index (Phi) is 9.17. The van der Waals surface area contributed by atoms with Gasteiger partial charge in [-0.2, -0.15) is 5.26 Å². The normalized spacial score (nSPS) is 14.8. The smallest absolute Gasteiger partial charge is 0.142 e. The van der Waals surface area contributed by atoms with E-state index in [-0.39, 0.29) is 32.0 Å². The number of hydrogen-bond donors (Lipinski definition) is 3. The number of aliphatic hydroxyl groups is 2. The monoisotopic (exact) mass is 569 g/mol. The van der Waals surface area contributed by atoms with Crippen molar-refractivity contribution in [3.05, 3.63) is 111 Å². The van der Waals surface area contributed by atoms with Crippen molar-refractivity contribution in [3.8, 4) is 28.7 Å². The van der Waals surface area contributed by atoms with E-state index in [1.165, 1.54) is 17.3 Å². The van der Waals surface area contributed by atoms with Crippen molar-refractivity contribution in [1.82, 2.24) is 10.3 Å². The zero-order chi connectivity index (χ0) is 28.8. The Bertz CT molecular complexity index is 1550. The van der Waals surface area contributed by atoms with Gasteiger partial charge < -0.3 is 25.0 Å². The number of halogens is 1. The van der Waals surface area contributed by atoms with E-state index in [1.807, 2.05) is 49.4 Å². The van der Waals surface area contributed by atoms with E-state index in [2.05, 4.69) is 28.5 Å². The molecule has 0 fully saturated rings. The van der Waals surface area contributed by atoms with Gasteiger partial charge in [-0.25, -0.2) is 0 Å². The molecule has 210 valence electrons. The predicted octanol–water partition coefficient (Wildman–Crippen LogP) is 5.88. The molecule has 0 aliphatic heterocycles. The fourth-order valence-corrected chi connectivity index (χ4v) is 5.26. The van der Waals surface area contributed by atoms with Gasteiger partial charge in [-0.15, -0.1) is 0 Å². The van der Waals surface area contributed by atoms with Crippen molar-refractivity contribution in [2.75, 3.05) is 6.61 Å². The molecule has 0 saturated heterocycles. The molecule has 1 aromatic heterocycles. The van der Waals surface area contributed by atoms with Crippen LogP contribution >= 0.6 is 11.6 Å². The molecule has 0 amide bonds. The van der Waals surface area contributed by atoms with Crippen LogP contribution < -0.4 is 14.8 Å². The lowest BCUT2D eigenvalue weighted by molar-refractivity contribution is 0.205. The molecule has 8 heteroatoms. The Morgan fingerprint density at radius 1 is 1.07 bits per heavy atom. The number of nitriles is 1. The minimum Gasteiger partial charge on any atom is -0.488 e. The van der Waals surface area contributed by atoms with E-state index in [9.17, 15) is 15.5 Å². The highest BCUT2D eigenvalue weighted by molar-refractivity contribution is 6.32. The largest absolute Gasteiger partial charge is 0.488 e. The number of aromatic nitrogens is 1. The number of rotatable bonds is 11. The van der Waals surface area contributed by atoms with Crippen LogP contribution in [-0.2, 0) is 26.2 Å². The van der Waals surface area contributed by atoms with Gasteiger partial charge in [0, 0.05) is 42.2 Å². The first-order valence-corrected chi connectivity index (χ1v) is 14.0. The van der Waals surface area contributed by atoms with Gasteiger partial charge in [-0.3, -0.25) is 4.98 Å². The van der Waals surface area contributed by atoms with Crippen molar-refractivity contribution in [3.63, 3.8) is 0 Å². The number of nitrogens with zero attached hydrogens (tertiary/aromatic N) is 2. The molecular formula is C33H32ClN3O4. The van der Waals surface area contributed by atoms with E-state index in [4.69, 9.17) is 21.1 Å². The van der Waals surface area contributed by atoms with Crippen molar-refractivity contribution in [2.24, 2.45) is 0 Å². The lowest BCUT2D eigenvalue weighted by Gasteiger charge is -2.20. The zero-order valence-corrected chi connectivity index (χ0v) is 23.6. The standard InChI is InChI=1S/C33H32ClN3O4/c1-21(18-38)37-17-26-12-30(34)33(13-32(26)40-20-24-11-23(14-35)15-36-16-24)41-31-10-9-28-27(3-2-4-29(28)31)25-7-5-22(19-39)6-8-25/h2-8,11-13,15-16,21,31,37-39H,9-10,17-20H2,1H3/t21-,31+/m1/s1. The fraction of sp³-hybridized carbons (Fsp3) is 0.273. The fourth-order valence-electron chi connectivity index (χ4n) is 5.03. The summed E-state index contributed by atoms with van der Waals surface area (Å²) in [5.74, 6) is 1.13. The molecule has 2 atom stereocenters. The summed E-state index contributed by atoms with van der Waals surface area (Å²) in [4.78, 5) is 4.12. The molecule has 41 heavy (non-hydrogen) atoms. The highest BCUT2D eigenvalue weighted by atomic mass is 35.5. The second-order valence-corrected chi connectivity index (χ2v) is 10.6. The van der Waals surface area contributed by atoms with Gasteiger partial charge in [0.05, 0.1) is 23.8 Å². The van der Waals surface area contributed by atoms with E-state index in [0.717, 1.165) is 40.7 Å². The van der Waals surface area contributed by atoms with Crippen molar-refractivity contribution in [1.29, 1.82) is 5.26 Å². The predicted molar refractivity (Wildman–Crippen MR) is 158 cm³/mol. The van der Waals surface area contributed by atoms with Crippen molar-refractivity contribution >= 4 is 11.6 Å². The van der Waals surface area contributed by atoms with Crippen LogP contribution in [-0.4, -0.2) is 27.8 Å². The quantitative estimate of drug-likeness (QED) is 0.207.